The van der Waals surface area contributed by atoms with Crippen molar-refractivity contribution in [2.45, 2.75) is 41.2 Å². The standard InChI is InChI=1S/C21H27ClN4O3/c1-13(2)11-26-21(22)17(16(5)25-26)8-9-19(27)23-24-20(28)12-29-18-10-14(3)6-7-15(18)4/h6-10,13H,11-12H2,1-5H3,(H,23,27)(H,24,28). The first-order chi connectivity index (χ1) is 13.7. The van der Waals surface area contributed by atoms with Gasteiger partial charge in [-0.3, -0.25) is 25.1 Å². The second kappa shape index (κ2) is 10.1. The number of aromatic nitrogens is 2. The summed E-state index contributed by atoms with van der Waals surface area (Å²) in [5.41, 5.74) is 8.00. The molecule has 1 aromatic heterocycles. The molecular weight excluding hydrogens is 392 g/mol. The predicted octanol–water partition coefficient (Wildman–Crippen LogP) is 3.36. The Balaban J connectivity index is 1.85. The van der Waals surface area contributed by atoms with Crippen LogP contribution in [0.2, 0.25) is 5.15 Å². The SMILES string of the molecule is Cc1ccc(C)c(OCC(=O)NNC(=O)C=Cc2c(C)nn(CC(C)C)c2Cl)c1. The third kappa shape index (κ3) is 6.64. The summed E-state index contributed by atoms with van der Waals surface area (Å²) in [6.45, 7) is 10.3. The molecule has 0 saturated carbocycles. The number of amides is 2. The van der Waals surface area contributed by atoms with Gasteiger partial charge in [0.2, 0.25) is 0 Å². The molecule has 1 aromatic carbocycles. The molecule has 0 bridgehead atoms. The van der Waals surface area contributed by atoms with Crippen LogP contribution >= 0.6 is 11.6 Å². The first-order valence-corrected chi connectivity index (χ1v) is 9.75. The summed E-state index contributed by atoms with van der Waals surface area (Å²) in [5, 5.41) is 4.86. The van der Waals surface area contributed by atoms with E-state index in [2.05, 4.69) is 29.8 Å². The lowest BCUT2D eigenvalue weighted by Gasteiger charge is -2.10. The van der Waals surface area contributed by atoms with E-state index in [9.17, 15) is 9.59 Å². The third-order valence-electron chi connectivity index (χ3n) is 4.08. The van der Waals surface area contributed by atoms with Gasteiger partial charge in [-0.15, -0.1) is 0 Å². The van der Waals surface area contributed by atoms with Crippen LogP contribution in [0.4, 0.5) is 0 Å². The van der Waals surface area contributed by atoms with Gasteiger partial charge in [0.05, 0.1) is 5.69 Å². The highest BCUT2D eigenvalue weighted by Crippen LogP contribution is 2.22. The van der Waals surface area contributed by atoms with Gasteiger partial charge in [0.1, 0.15) is 10.9 Å². The number of aryl methyl sites for hydroxylation is 3. The van der Waals surface area contributed by atoms with Gasteiger partial charge in [-0.1, -0.05) is 37.6 Å². The molecule has 8 heteroatoms. The lowest BCUT2D eigenvalue weighted by molar-refractivity contribution is -0.128. The summed E-state index contributed by atoms with van der Waals surface area (Å²) in [6, 6.07) is 5.75. The topological polar surface area (TPSA) is 85.2 Å². The van der Waals surface area contributed by atoms with Gasteiger partial charge in [-0.05, 0) is 50.0 Å². The van der Waals surface area contributed by atoms with Gasteiger partial charge in [0.25, 0.3) is 11.8 Å². The summed E-state index contributed by atoms with van der Waals surface area (Å²) >= 11 is 6.34. The number of carbonyl (C=O) groups excluding carboxylic acids is 2. The van der Waals surface area contributed by atoms with E-state index in [4.69, 9.17) is 16.3 Å². The first-order valence-electron chi connectivity index (χ1n) is 9.37. The minimum Gasteiger partial charge on any atom is -0.483 e. The van der Waals surface area contributed by atoms with Crippen LogP contribution in [-0.2, 0) is 16.1 Å². The zero-order valence-electron chi connectivity index (χ0n) is 17.4. The largest absolute Gasteiger partial charge is 0.483 e. The van der Waals surface area contributed by atoms with Crippen molar-refractivity contribution >= 4 is 29.5 Å². The molecule has 156 valence electrons. The van der Waals surface area contributed by atoms with Gasteiger partial charge in [0, 0.05) is 18.2 Å². The Morgan fingerprint density at radius 1 is 1.24 bits per heavy atom. The van der Waals surface area contributed by atoms with Crippen LogP contribution in [0.25, 0.3) is 6.08 Å². The number of halogens is 1. The van der Waals surface area contributed by atoms with Gasteiger partial charge < -0.3 is 4.74 Å². The molecule has 2 amide bonds. The van der Waals surface area contributed by atoms with E-state index in [1.54, 1.807) is 10.8 Å². The normalized spacial score (nSPS) is 11.1. The van der Waals surface area contributed by atoms with Crippen molar-refractivity contribution in [2.24, 2.45) is 5.92 Å². The summed E-state index contributed by atoms with van der Waals surface area (Å²) in [4.78, 5) is 23.9. The lowest BCUT2D eigenvalue weighted by Crippen LogP contribution is -2.43. The number of benzene rings is 1. The molecule has 29 heavy (non-hydrogen) atoms. The number of nitrogens with zero attached hydrogens (tertiary/aromatic N) is 2. The minimum atomic E-state index is -0.489. The fourth-order valence-electron chi connectivity index (χ4n) is 2.60. The first kappa shape index (κ1) is 22.5. The van der Waals surface area contributed by atoms with Gasteiger partial charge in [-0.2, -0.15) is 5.10 Å². The van der Waals surface area contributed by atoms with E-state index < -0.39 is 11.8 Å². The zero-order valence-corrected chi connectivity index (χ0v) is 18.1. The molecule has 0 aliphatic heterocycles. The maximum Gasteiger partial charge on any atom is 0.276 e. The summed E-state index contributed by atoms with van der Waals surface area (Å²) < 4.78 is 7.21. The quantitative estimate of drug-likeness (QED) is 0.533. The van der Waals surface area contributed by atoms with Crippen LogP contribution in [0, 0.1) is 26.7 Å². The molecule has 0 aliphatic carbocycles. The number of rotatable bonds is 7. The van der Waals surface area contributed by atoms with Crippen molar-refractivity contribution in [3.63, 3.8) is 0 Å². The summed E-state index contributed by atoms with van der Waals surface area (Å²) in [7, 11) is 0. The summed E-state index contributed by atoms with van der Waals surface area (Å²) in [5.74, 6) is 0.0756. The Kier molecular flexibility index (Phi) is 7.84. The fraction of sp³-hybridized carbons (Fsp3) is 0.381. The number of hydrogen-bond acceptors (Lipinski definition) is 4. The van der Waals surface area contributed by atoms with Crippen molar-refractivity contribution in [3.8, 4) is 5.75 Å². The van der Waals surface area contributed by atoms with E-state index >= 15 is 0 Å². The predicted molar refractivity (Wildman–Crippen MR) is 114 cm³/mol. The van der Waals surface area contributed by atoms with E-state index in [-0.39, 0.29) is 6.61 Å². The number of hydrogen-bond donors (Lipinski definition) is 2. The molecule has 0 aliphatic rings. The van der Waals surface area contributed by atoms with Crippen molar-refractivity contribution < 1.29 is 14.3 Å². The maximum absolute atomic E-state index is 12.0. The van der Waals surface area contributed by atoms with Crippen molar-refractivity contribution in [2.75, 3.05) is 6.61 Å². The Bertz CT molecular complexity index is 919. The molecule has 2 N–H and O–H groups in total. The summed E-state index contributed by atoms with van der Waals surface area (Å²) in [6.07, 6.45) is 2.87. The highest BCUT2D eigenvalue weighted by molar-refractivity contribution is 6.31. The zero-order chi connectivity index (χ0) is 21.6. The molecule has 0 radical (unpaired) electrons. The number of ether oxygens (including phenoxy) is 1. The average molecular weight is 419 g/mol. The van der Waals surface area contributed by atoms with Crippen LogP contribution in [0.15, 0.2) is 24.3 Å². The van der Waals surface area contributed by atoms with Crippen LogP contribution in [0.5, 0.6) is 5.75 Å². The van der Waals surface area contributed by atoms with Crippen molar-refractivity contribution in [3.05, 3.63) is 51.8 Å². The van der Waals surface area contributed by atoms with Gasteiger partial charge >= 0.3 is 0 Å². The molecule has 0 saturated heterocycles. The molecule has 0 atom stereocenters. The molecule has 1 heterocycles. The third-order valence-corrected chi connectivity index (χ3v) is 4.48. The van der Waals surface area contributed by atoms with Gasteiger partial charge in [0.15, 0.2) is 6.61 Å². The van der Waals surface area contributed by atoms with Crippen molar-refractivity contribution in [1.29, 1.82) is 0 Å². The highest BCUT2D eigenvalue weighted by Gasteiger charge is 2.12. The van der Waals surface area contributed by atoms with E-state index in [1.165, 1.54) is 6.08 Å². The smallest absolute Gasteiger partial charge is 0.276 e. The van der Waals surface area contributed by atoms with Crippen molar-refractivity contribution in [1.82, 2.24) is 20.6 Å². The fourth-order valence-corrected chi connectivity index (χ4v) is 2.90. The monoisotopic (exact) mass is 418 g/mol. The number of carbonyl (C=O) groups is 2. The Hall–Kier alpha value is -2.80. The molecule has 7 nitrogen and oxygen atoms in total. The van der Waals surface area contributed by atoms with Crippen LogP contribution in [-0.4, -0.2) is 28.2 Å². The van der Waals surface area contributed by atoms with Crippen LogP contribution < -0.4 is 15.6 Å². The average Bonchev–Trinajstić information content (AvgIpc) is 2.91. The van der Waals surface area contributed by atoms with E-state index in [0.29, 0.717) is 28.9 Å². The molecule has 0 fully saturated rings. The highest BCUT2D eigenvalue weighted by atomic mass is 35.5. The molecule has 2 rings (SSSR count). The molecule has 2 aromatic rings. The minimum absolute atomic E-state index is 0.207. The molecule has 0 unspecified atom stereocenters. The Morgan fingerprint density at radius 2 is 1.97 bits per heavy atom. The molecular formula is C21H27ClN4O3. The Labute approximate surface area is 176 Å². The van der Waals surface area contributed by atoms with E-state index in [1.807, 2.05) is 39.0 Å². The second-order valence-electron chi connectivity index (χ2n) is 7.29. The molecule has 0 spiro atoms. The van der Waals surface area contributed by atoms with Gasteiger partial charge in [-0.25, -0.2) is 0 Å². The Morgan fingerprint density at radius 3 is 2.66 bits per heavy atom. The maximum atomic E-state index is 12.0. The van der Waals surface area contributed by atoms with Crippen LogP contribution in [0.3, 0.4) is 0 Å². The second-order valence-corrected chi connectivity index (χ2v) is 7.65. The van der Waals surface area contributed by atoms with E-state index in [0.717, 1.165) is 16.8 Å². The van der Waals surface area contributed by atoms with Crippen LogP contribution in [0.1, 0.15) is 36.2 Å². The lowest BCUT2D eigenvalue weighted by atomic mass is 10.1. The number of hydrazine groups is 1. The number of nitrogens with one attached hydrogen (secondary N) is 2.